The minimum atomic E-state index is -0.602. The van der Waals surface area contributed by atoms with Gasteiger partial charge >= 0.3 is 0 Å². The zero-order valence-corrected chi connectivity index (χ0v) is 50.1. The SMILES string of the molecule is CCCCCCCCCCCCOc1cc(N2C(=O)c3cc(Cl)c4c5c(Cl)cc6c7c(cc(Cl)c(c8c(Cl)cc(c3c48)C2=O)c75)C(=O)NC6=O)cc(OCCCCCCCCCCCC)c1OCCCCCCCCCCCC. The summed E-state index contributed by atoms with van der Waals surface area (Å²) in [7, 11) is 0. The van der Waals surface area contributed by atoms with E-state index < -0.39 is 23.6 Å². The monoisotopic (exact) mass is 1150 g/mol. The summed E-state index contributed by atoms with van der Waals surface area (Å²) in [5, 5.41) is 6.29. The molecule has 9 nitrogen and oxygen atoms in total. The average Bonchev–Trinajstić information content (AvgIpc) is 1.73. The molecular weight excluding hydrogens is 1070 g/mol. The number of anilines is 1. The lowest BCUT2D eigenvalue weighted by Crippen LogP contribution is -2.40. The van der Waals surface area contributed by atoms with Crippen molar-refractivity contribution in [2.75, 3.05) is 24.7 Å². The number of benzene rings is 6. The van der Waals surface area contributed by atoms with E-state index in [0.717, 1.165) is 62.7 Å². The number of imide groups is 2. The van der Waals surface area contributed by atoms with Crippen LogP contribution in [0.15, 0.2) is 36.4 Å². The molecule has 4 amide bonds. The first-order valence-electron chi connectivity index (χ1n) is 30.3. The second kappa shape index (κ2) is 30.0. The number of hydrogen-bond donors (Lipinski definition) is 1. The largest absolute Gasteiger partial charge is 0.489 e. The number of ether oxygens (including phenoxy) is 3. The highest BCUT2D eigenvalue weighted by atomic mass is 35.5. The number of halogens is 4. The Bertz CT molecular complexity index is 2920. The Morgan fingerprint density at radius 3 is 0.949 bits per heavy atom. The first kappa shape index (κ1) is 60.6. The third kappa shape index (κ3) is 14.2. The van der Waals surface area contributed by atoms with Gasteiger partial charge in [0.25, 0.3) is 23.6 Å². The molecular formula is C66H82Cl4N2O7. The highest BCUT2D eigenvalue weighted by Gasteiger charge is 2.39. The number of rotatable bonds is 37. The number of fused-ring (bicyclic) bond motifs is 2. The molecule has 2 heterocycles. The smallest absolute Gasteiger partial charge is 0.266 e. The number of nitrogens with zero attached hydrogens (tertiary/aromatic N) is 1. The van der Waals surface area contributed by atoms with E-state index >= 15 is 9.59 Å². The van der Waals surface area contributed by atoms with Crippen LogP contribution in [0.2, 0.25) is 20.1 Å². The Kier molecular flexibility index (Phi) is 23.0. The quantitative estimate of drug-likeness (QED) is 0.0179. The summed E-state index contributed by atoms with van der Waals surface area (Å²) < 4.78 is 20.1. The molecule has 0 fully saturated rings. The molecule has 79 heavy (non-hydrogen) atoms. The van der Waals surface area contributed by atoms with Crippen LogP contribution in [0.4, 0.5) is 5.69 Å². The third-order valence-corrected chi connectivity index (χ3v) is 17.4. The van der Waals surface area contributed by atoms with Crippen molar-refractivity contribution in [3.63, 3.8) is 0 Å². The molecule has 13 heteroatoms. The minimum Gasteiger partial charge on any atom is -0.489 e. The van der Waals surface area contributed by atoms with E-state index in [-0.39, 0.29) is 48.0 Å². The number of unbranched alkanes of at least 4 members (excludes halogenated alkanes) is 27. The van der Waals surface area contributed by atoms with Gasteiger partial charge in [-0.3, -0.25) is 24.5 Å². The van der Waals surface area contributed by atoms with Crippen LogP contribution in [0.5, 0.6) is 17.2 Å². The predicted octanol–water partition coefficient (Wildman–Crippen LogP) is 20.9. The van der Waals surface area contributed by atoms with Crippen LogP contribution in [-0.4, -0.2) is 43.4 Å². The van der Waals surface area contributed by atoms with Crippen molar-refractivity contribution in [3.8, 4) is 17.2 Å². The van der Waals surface area contributed by atoms with Gasteiger partial charge in [0.05, 0.1) is 36.6 Å². The molecule has 6 aromatic rings. The second-order valence-corrected chi connectivity index (χ2v) is 23.8. The highest BCUT2D eigenvalue weighted by Crippen LogP contribution is 2.54. The number of amides is 4. The van der Waals surface area contributed by atoms with Crippen LogP contribution in [0, 0.1) is 0 Å². The van der Waals surface area contributed by atoms with E-state index in [0.29, 0.717) is 80.2 Å². The second-order valence-electron chi connectivity index (χ2n) is 22.2. The van der Waals surface area contributed by atoms with Crippen molar-refractivity contribution >= 4 is 119 Å². The van der Waals surface area contributed by atoms with Crippen LogP contribution in [0.1, 0.15) is 255 Å². The van der Waals surface area contributed by atoms with Crippen LogP contribution in [0.25, 0.3) is 43.1 Å². The average molecular weight is 1160 g/mol. The summed E-state index contributed by atoms with van der Waals surface area (Å²) in [5.74, 6) is -1.09. The maximum Gasteiger partial charge on any atom is 0.266 e. The van der Waals surface area contributed by atoms with Crippen LogP contribution in [0.3, 0.4) is 0 Å². The van der Waals surface area contributed by atoms with Gasteiger partial charge in [0.2, 0.25) is 5.75 Å². The van der Waals surface area contributed by atoms with Gasteiger partial charge in [0, 0.05) is 86.4 Å². The van der Waals surface area contributed by atoms with E-state index in [1.54, 1.807) is 24.3 Å². The number of carbonyl (C=O) groups is 4. The molecule has 0 atom stereocenters. The summed E-state index contributed by atoms with van der Waals surface area (Å²) in [4.78, 5) is 58.4. The molecule has 0 aliphatic carbocycles. The van der Waals surface area contributed by atoms with Gasteiger partial charge in [-0.2, -0.15) is 0 Å². The molecule has 1 N–H and O–H groups in total. The molecule has 0 saturated carbocycles. The Hall–Kier alpha value is -4.54. The van der Waals surface area contributed by atoms with Gasteiger partial charge in [-0.25, -0.2) is 4.90 Å². The van der Waals surface area contributed by atoms with Crippen molar-refractivity contribution in [1.82, 2.24) is 5.32 Å². The van der Waals surface area contributed by atoms with Gasteiger partial charge in [-0.1, -0.05) is 241 Å². The number of carbonyl (C=O) groups excluding carboxylic acids is 4. The number of nitrogens with one attached hydrogen (secondary N) is 1. The first-order chi connectivity index (χ1) is 38.5. The molecule has 0 radical (unpaired) electrons. The van der Waals surface area contributed by atoms with E-state index in [1.165, 1.54) is 147 Å². The summed E-state index contributed by atoms with van der Waals surface area (Å²) in [6.07, 6.45) is 35.7. The summed E-state index contributed by atoms with van der Waals surface area (Å²) in [6.45, 7) is 8.07. The molecule has 0 saturated heterocycles. The Balaban J connectivity index is 1.12. The lowest BCUT2D eigenvalue weighted by Gasteiger charge is -2.31. The maximum absolute atomic E-state index is 15.3. The van der Waals surface area contributed by atoms with E-state index in [4.69, 9.17) is 60.6 Å². The minimum absolute atomic E-state index is 0.160. The molecule has 8 rings (SSSR count). The van der Waals surface area contributed by atoms with Crippen molar-refractivity contribution in [2.24, 2.45) is 0 Å². The first-order valence-corrected chi connectivity index (χ1v) is 31.8. The van der Waals surface area contributed by atoms with E-state index in [9.17, 15) is 9.59 Å². The van der Waals surface area contributed by atoms with Crippen molar-refractivity contribution in [3.05, 3.63) is 78.7 Å². The molecule has 6 aromatic carbocycles. The zero-order valence-electron chi connectivity index (χ0n) is 47.1. The van der Waals surface area contributed by atoms with Crippen molar-refractivity contribution < 1.29 is 33.4 Å². The van der Waals surface area contributed by atoms with Gasteiger partial charge in [0.15, 0.2) is 11.5 Å². The predicted molar refractivity (Wildman–Crippen MR) is 329 cm³/mol. The fraction of sp³-hybridized carbons (Fsp3) is 0.545. The normalized spacial score (nSPS) is 13.3. The molecule has 0 bridgehead atoms. The van der Waals surface area contributed by atoms with Crippen LogP contribution in [-0.2, 0) is 0 Å². The standard InChI is InChI=1S/C66H82Cl4N2O7/c1-4-7-10-13-16-19-22-25-28-31-34-77-52-37-43(38-53(78-35-32-29-26-23-20-17-14-11-8-5-2)62(52)79-36-33-30-27-24-21-18-15-12-9-6-3)72-65(75)46-41-50(69)58-56-48(67)39-44-54-45(64(74)71-63(44)73)40-49(68)57(60(54)56)59-51(70)42-47(66(72)76)55(46)61(58)59/h37-42H,4-36H2,1-3H3,(H,71,73,74). The lowest BCUT2D eigenvalue weighted by atomic mass is 9.82. The van der Waals surface area contributed by atoms with Crippen LogP contribution < -0.4 is 24.4 Å². The molecule has 2 aliphatic rings. The molecule has 0 aromatic heterocycles. The Morgan fingerprint density at radius 2 is 0.620 bits per heavy atom. The van der Waals surface area contributed by atoms with Crippen molar-refractivity contribution in [2.45, 2.75) is 213 Å². The van der Waals surface area contributed by atoms with Gasteiger partial charge in [-0.05, 0) is 43.5 Å². The lowest BCUT2D eigenvalue weighted by molar-refractivity contribution is 0.0840. The van der Waals surface area contributed by atoms with E-state index in [1.807, 2.05) is 0 Å². The number of hydrogen-bond acceptors (Lipinski definition) is 7. The Labute approximate surface area is 488 Å². The van der Waals surface area contributed by atoms with Gasteiger partial charge in [0.1, 0.15) is 0 Å². The third-order valence-electron chi connectivity index (χ3n) is 16.2. The van der Waals surface area contributed by atoms with E-state index in [2.05, 4.69) is 26.1 Å². The highest BCUT2D eigenvalue weighted by molar-refractivity contribution is 6.56. The molecule has 426 valence electrons. The zero-order chi connectivity index (χ0) is 55.8. The summed E-state index contributed by atoms with van der Waals surface area (Å²) in [6, 6.07) is 9.61. The van der Waals surface area contributed by atoms with Gasteiger partial charge < -0.3 is 14.2 Å². The van der Waals surface area contributed by atoms with Crippen molar-refractivity contribution in [1.29, 1.82) is 0 Å². The topological polar surface area (TPSA) is 111 Å². The maximum atomic E-state index is 15.3. The molecule has 0 unspecified atom stereocenters. The summed E-state index contributed by atoms with van der Waals surface area (Å²) in [5.41, 5.74) is 1.02. The van der Waals surface area contributed by atoms with Gasteiger partial charge in [-0.15, -0.1) is 0 Å². The van der Waals surface area contributed by atoms with Crippen LogP contribution >= 0.6 is 46.4 Å². The molecule has 2 aliphatic heterocycles. The Morgan fingerprint density at radius 1 is 0.342 bits per heavy atom. The fourth-order valence-electron chi connectivity index (χ4n) is 12.0. The molecule has 0 spiro atoms. The fourth-order valence-corrected chi connectivity index (χ4v) is 13.2. The summed E-state index contributed by atoms with van der Waals surface area (Å²) >= 11 is 28.9.